The minimum atomic E-state index is -0.395. The molecule has 1 unspecified atom stereocenters. The van der Waals surface area contributed by atoms with Crippen molar-refractivity contribution in [2.24, 2.45) is 0 Å². The lowest BCUT2D eigenvalue weighted by Gasteiger charge is -2.23. The molecule has 1 atom stereocenters. The van der Waals surface area contributed by atoms with Crippen LogP contribution in [-0.4, -0.2) is 29.7 Å². The summed E-state index contributed by atoms with van der Waals surface area (Å²) >= 11 is 6.43. The quantitative estimate of drug-likeness (QED) is 0.445. The number of hydrogen-bond donors (Lipinski definition) is 2. The van der Waals surface area contributed by atoms with E-state index in [0.29, 0.717) is 27.7 Å². The van der Waals surface area contributed by atoms with E-state index in [2.05, 4.69) is 30.5 Å². The fourth-order valence-electron chi connectivity index (χ4n) is 4.46. The number of anilines is 1. The first kappa shape index (κ1) is 19.9. The molecule has 31 heavy (non-hydrogen) atoms. The summed E-state index contributed by atoms with van der Waals surface area (Å²) in [6, 6.07) is 3.52. The van der Waals surface area contributed by atoms with Crippen molar-refractivity contribution in [3.8, 4) is 11.3 Å². The van der Waals surface area contributed by atoms with E-state index < -0.39 is 5.82 Å². The average molecular weight is 440 g/mol. The zero-order valence-corrected chi connectivity index (χ0v) is 18.3. The van der Waals surface area contributed by atoms with Crippen molar-refractivity contribution in [2.75, 3.05) is 5.32 Å². The van der Waals surface area contributed by atoms with Crippen LogP contribution >= 0.6 is 11.6 Å². The molecular weight excluding hydrogens is 417 g/mol. The molecule has 0 bridgehead atoms. The first-order valence-corrected chi connectivity index (χ1v) is 10.8. The molecule has 0 saturated carbocycles. The Labute approximate surface area is 184 Å². The molecule has 0 aliphatic heterocycles. The monoisotopic (exact) mass is 439 g/mol. The standard InChI is InChI=1S/C22H23ClFN7/c1-11(2)31-12(3)27-21-16(24)7-14(8-18(21)31)19-15(23)10-25-22(29-19)28-17-6-4-5-13-9-26-30-20(13)17/h7-11,17H,4-6H2,1-3H3,(H,26,30)(H,25,28,29). The Hall–Kier alpha value is -3.00. The van der Waals surface area contributed by atoms with Crippen LogP contribution in [0.1, 0.15) is 55.9 Å². The van der Waals surface area contributed by atoms with Crippen LogP contribution in [0.25, 0.3) is 22.3 Å². The molecule has 1 aromatic carbocycles. The van der Waals surface area contributed by atoms with Crippen LogP contribution in [0.2, 0.25) is 5.02 Å². The van der Waals surface area contributed by atoms with E-state index >= 15 is 0 Å². The predicted molar refractivity (Wildman–Crippen MR) is 119 cm³/mol. The molecule has 0 saturated heterocycles. The van der Waals surface area contributed by atoms with Crippen molar-refractivity contribution in [1.82, 2.24) is 29.7 Å². The number of benzene rings is 1. The summed E-state index contributed by atoms with van der Waals surface area (Å²) in [6.45, 7) is 5.98. The molecule has 3 aromatic heterocycles. The maximum absolute atomic E-state index is 14.9. The van der Waals surface area contributed by atoms with Gasteiger partial charge in [-0.05, 0) is 57.7 Å². The summed E-state index contributed by atoms with van der Waals surface area (Å²) in [5.41, 5.74) is 4.43. The number of imidazole rings is 1. The summed E-state index contributed by atoms with van der Waals surface area (Å²) in [4.78, 5) is 13.4. The maximum Gasteiger partial charge on any atom is 0.223 e. The fourth-order valence-corrected chi connectivity index (χ4v) is 4.66. The normalized spacial score (nSPS) is 16.1. The zero-order valence-electron chi connectivity index (χ0n) is 17.6. The van der Waals surface area contributed by atoms with Crippen molar-refractivity contribution in [3.05, 3.63) is 52.4 Å². The molecule has 4 aromatic rings. The zero-order chi connectivity index (χ0) is 21.7. The number of hydrogen-bond acceptors (Lipinski definition) is 5. The van der Waals surface area contributed by atoms with Crippen LogP contribution in [-0.2, 0) is 6.42 Å². The van der Waals surface area contributed by atoms with E-state index in [0.717, 1.165) is 36.3 Å². The molecule has 1 aliphatic carbocycles. The minimum Gasteiger partial charge on any atom is -0.346 e. The van der Waals surface area contributed by atoms with Crippen LogP contribution in [0, 0.1) is 12.7 Å². The van der Waals surface area contributed by atoms with Gasteiger partial charge in [0.05, 0.1) is 40.4 Å². The Morgan fingerprint density at radius 3 is 2.90 bits per heavy atom. The van der Waals surface area contributed by atoms with E-state index in [1.807, 2.05) is 37.6 Å². The molecule has 1 aliphatic rings. The van der Waals surface area contributed by atoms with E-state index in [1.165, 1.54) is 11.6 Å². The van der Waals surface area contributed by atoms with Gasteiger partial charge in [-0.2, -0.15) is 5.10 Å². The molecule has 7 nitrogen and oxygen atoms in total. The second-order valence-electron chi connectivity index (χ2n) is 8.24. The van der Waals surface area contributed by atoms with Crippen LogP contribution < -0.4 is 5.32 Å². The van der Waals surface area contributed by atoms with E-state index in [4.69, 9.17) is 11.6 Å². The predicted octanol–water partition coefficient (Wildman–Crippen LogP) is 5.39. The summed E-state index contributed by atoms with van der Waals surface area (Å²) < 4.78 is 16.9. The SMILES string of the molecule is Cc1nc2c(F)cc(-c3nc(NC4CCCc5cn[nH]c54)ncc3Cl)cc2n1C(C)C. The van der Waals surface area contributed by atoms with Crippen LogP contribution in [0.3, 0.4) is 0 Å². The number of aromatic nitrogens is 6. The third kappa shape index (κ3) is 3.44. The molecule has 0 spiro atoms. The first-order valence-electron chi connectivity index (χ1n) is 10.4. The van der Waals surface area contributed by atoms with Gasteiger partial charge in [0.2, 0.25) is 5.95 Å². The number of halogens is 2. The van der Waals surface area contributed by atoms with Gasteiger partial charge < -0.3 is 9.88 Å². The summed E-state index contributed by atoms with van der Waals surface area (Å²) in [5, 5.41) is 11.0. The van der Waals surface area contributed by atoms with Crippen molar-refractivity contribution in [3.63, 3.8) is 0 Å². The summed E-state index contributed by atoms with van der Waals surface area (Å²) in [7, 11) is 0. The van der Waals surface area contributed by atoms with Crippen molar-refractivity contribution >= 4 is 28.6 Å². The van der Waals surface area contributed by atoms with Gasteiger partial charge in [-0.25, -0.2) is 19.3 Å². The molecule has 0 fully saturated rings. The van der Waals surface area contributed by atoms with E-state index in [9.17, 15) is 4.39 Å². The highest BCUT2D eigenvalue weighted by Gasteiger charge is 2.23. The van der Waals surface area contributed by atoms with E-state index in [-0.39, 0.29) is 12.1 Å². The van der Waals surface area contributed by atoms with Gasteiger partial charge >= 0.3 is 0 Å². The third-order valence-corrected chi connectivity index (χ3v) is 6.08. The smallest absolute Gasteiger partial charge is 0.223 e. The molecule has 2 N–H and O–H groups in total. The summed E-state index contributed by atoms with van der Waals surface area (Å²) in [5.74, 6) is 0.819. The van der Waals surface area contributed by atoms with Gasteiger partial charge in [-0.1, -0.05) is 11.6 Å². The third-order valence-electron chi connectivity index (χ3n) is 5.80. The lowest BCUT2D eigenvalue weighted by Crippen LogP contribution is -2.18. The van der Waals surface area contributed by atoms with Crippen molar-refractivity contribution in [1.29, 1.82) is 0 Å². The Morgan fingerprint density at radius 2 is 2.10 bits per heavy atom. The van der Waals surface area contributed by atoms with Gasteiger partial charge in [0, 0.05) is 11.6 Å². The van der Waals surface area contributed by atoms with Crippen LogP contribution in [0.5, 0.6) is 0 Å². The minimum absolute atomic E-state index is 0.0458. The van der Waals surface area contributed by atoms with Gasteiger partial charge in [0.1, 0.15) is 11.3 Å². The largest absolute Gasteiger partial charge is 0.346 e. The maximum atomic E-state index is 14.9. The van der Waals surface area contributed by atoms with Gasteiger partial charge in [-0.15, -0.1) is 0 Å². The lowest BCUT2D eigenvalue weighted by molar-refractivity contribution is 0.584. The molecule has 5 rings (SSSR count). The molecule has 9 heteroatoms. The highest BCUT2D eigenvalue weighted by atomic mass is 35.5. The van der Waals surface area contributed by atoms with Gasteiger partial charge in [0.25, 0.3) is 0 Å². The molecule has 160 valence electrons. The Bertz CT molecular complexity index is 1280. The Kier molecular flexibility index (Phi) is 4.89. The van der Waals surface area contributed by atoms with Crippen LogP contribution in [0.4, 0.5) is 10.3 Å². The molecule has 3 heterocycles. The van der Waals surface area contributed by atoms with E-state index in [1.54, 1.807) is 6.20 Å². The number of rotatable bonds is 4. The Balaban J connectivity index is 1.56. The van der Waals surface area contributed by atoms with Crippen molar-refractivity contribution in [2.45, 2.75) is 52.1 Å². The number of H-pyrrole nitrogens is 1. The highest BCUT2D eigenvalue weighted by Crippen LogP contribution is 2.34. The molecule has 0 radical (unpaired) electrons. The average Bonchev–Trinajstić information content (AvgIpc) is 3.34. The number of nitrogens with zero attached hydrogens (tertiary/aromatic N) is 5. The molecular formula is C22H23ClFN7. The van der Waals surface area contributed by atoms with Crippen molar-refractivity contribution < 1.29 is 4.39 Å². The number of fused-ring (bicyclic) bond motifs is 2. The Morgan fingerprint density at radius 1 is 1.26 bits per heavy atom. The highest BCUT2D eigenvalue weighted by molar-refractivity contribution is 6.33. The lowest BCUT2D eigenvalue weighted by atomic mass is 9.94. The van der Waals surface area contributed by atoms with Gasteiger partial charge in [-0.3, -0.25) is 5.10 Å². The fraction of sp³-hybridized carbons (Fsp3) is 0.364. The topological polar surface area (TPSA) is 84.3 Å². The second kappa shape index (κ2) is 7.60. The first-order chi connectivity index (χ1) is 14.9. The second-order valence-corrected chi connectivity index (χ2v) is 8.64. The van der Waals surface area contributed by atoms with Crippen LogP contribution in [0.15, 0.2) is 24.5 Å². The number of aromatic amines is 1. The summed E-state index contributed by atoms with van der Waals surface area (Å²) in [6.07, 6.45) is 6.44. The number of aryl methyl sites for hydroxylation is 2. The van der Waals surface area contributed by atoms with Gasteiger partial charge in [0.15, 0.2) is 5.82 Å². The number of nitrogens with one attached hydrogen (secondary N) is 2. The molecule has 0 amide bonds.